The maximum atomic E-state index is 14.6. The number of pyridine rings is 1. The third kappa shape index (κ3) is 8.19. The van der Waals surface area contributed by atoms with E-state index in [0.29, 0.717) is 27.8 Å². The summed E-state index contributed by atoms with van der Waals surface area (Å²) in [5.74, 6) is -4.74. The number of alkyl halides is 3. The number of rotatable bonds is 9. The fraction of sp³-hybridized carbons (Fsp3) is 0.273. The lowest BCUT2D eigenvalue weighted by Crippen LogP contribution is -2.39. The summed E-state index contributed by atoms with van der Waals surface area (Å²) >= 11 is 6.30. The number of carboxylic acids is 2. The topological polar surface area (TPSA) is 189 Å². The van der Waals surface area contributed by atoms with Crippen LogP contribution < -0.4 is 15.8 Å². The fourth-order valence-electron chi connectivity index (χ4n) is 5.61. The van der Waals surface area contributed by atoms with Gasteiger partial charge in [-0.2, -0.15) is 13.2 Å². The van der Waals surface area contributed by atoms with Gasteiger partial charge in [0, 0.05) is 23.8 Å². The Morgan fingerprint density at radius 3 is 2.40 bits per heavy atom. The van der Waals surface area contributed by atoms with Crippen molar-refractivity contribution >= 4 is 61.6 Å². The summed E-state index contributed by atoms with van der Waals surface area (Å²) < 4.78 is 63.3. The Labute approximate surface area is 289 Å². The summed E-state index contributed by atoms with van der Waals surface area (Å²) in [7, 11) is -2.25. The molecule has 4 aromatic rings. The molecule has 1 aromatic heterocycles. The summed E-state index contributed by atoms with van der Waals surface area (Å²) in [5.41, 5.74) is 7.43. The Morgan fingerprint density at radius 2 is 1.78 bits per heavy atom. The second-order valence-electron chi connectivity index (χ2n) is 11.1. The number of nitrogens with zero attached hydrogens (tertiary/aromatic N) is 2. The van der Waals surface area contributed by atoms with Crippen molar-refractivity contribution in [2.75, 3.05) is 30.5 Å². The number of likely N-dealkylation sites (tertiary alicyclic amines) is 1. The highest BCUT2D eigenvalue weighted by Gasteiger charge is 2.45. The van der Waals surface area contributed by atoms with Crippen molar-refractivity contribution in [2.45, 2.75) is 36.5 Å². The summed E-state index contributed by atoms with van der Waals surface area (Å²) in [5, 5.41) is 22.5. The number of sulfone groups is 1. The number of aromatic nitrogens is 1. The van der Waals surface area contributed by atoms with E-state index in [2.05, 4.69) is 10.3 Å². The maximum absolute atomic E-state index is 14.6. The number of nitrogen functional groups attached to an aromatic ring is 1. The van der Waals surface area contributed by atoms with Crippen molar-refractivity contribution in [2.24, 2.45) is 5.92 Å². The van der Waals surface area contributed by atoms with Crippen molar-refractivity contribution in [3.63, 3.8) is 0 Å². The predicted octanol–water partition coefficient (Wildman–Crippen LogP) is 5.73. The number of nitrogens with one attached hydrogen (secondary N) is 1. The van der Waals surface area contributed by atoms with E-state index in [1.165, 1.54) is 25.0 Å². The molecule has 17 heteroatoms. The van der Waals surface area contributed by atoms with E-state index in [9.17, 15) is 36.3 Å². The first-order chi connectivity index (χ1) is 23.5. The molecule has 5 rings (SSSR count). The van der Waals surface area contributed by atoms with Crippen molar-refractivity contribution in [3.05, 3.63) is 89.1 Å². The van der Waals surface area contributed by atoms with Gasteiger partial charge in [0.15, 0.2) is 9.84 Å². The van der Waals surface area contributed by atoms with Gasteiger partial charge in [0.2, 0.25) is 5.91 Å². The van der Waals surface area contributed by atoms with Gasteiger partial charge in [0.1, 0.15) is 17.6 Å². The van der Waals surface area contributed by atoms with E-state index in [1.54, 1.807) is 60.8 Å². The van der Waals surface area contributed by atoms with Crippen molar-refractivity contribution in [1.29, 1.82) is 0 Å². The van der Waals surface area contributed by atoms with Crippen LogP contribution in [-0.2, 0) is 24.2 Å². The minimum atomic E-state index is -5.08. The molecular formula is C33H32ClF3N4O8S. The Morgan fingerprint density at radius 1 is 1.10 bits per heavy atom. The number of carbonyl (C=O) groups excluding carboxylic acids is 1. The number of nitrogens with two attached hydrogens (primary N) is 1. The van der Waals surface area contributed by atoms with Crippen LogP contribution in [0.3, 0.4) is 0 Å². The quantitative estimate of drug-likeness (QED) is 0.164. The van der Waals surface area contributed by atoms with Crippen LogP contribution in [0.4, 0.5) is 24.7 Å². The monoisotopic (exact) mass is 736 g/mol. The van der Waals surface area contributed by atoms with Crippen LogP contribution in [0, 0.1) is 5.92 Å². The average molecular weight is 737 g/mol. The molecule has 1 amide bonds. The molecule has 12 nitrogen and oxygen atoms in total. The van der Waals surface area contributed by atoms with Gasteiger partial charge < -0.3 is 30.9 Å². The zero-order valence-corrected chi connectivity index (χ0v) is 28.1. The minimum absolute atomic E-state index is 0.0202. The third-order valence-corrected chi connectivity index (χ3v) is 10.2. The number of hydrogen-bond acceptors (Lipinski definition) is 9. The first-order valence-corrected chi connectivity index (χ1v) is 16.9. The molecule has 1 aliphatic heterocycles. The summed E-state index contributed by atoms with van der Waals surface area (Å²) in [4.78, 5) is 41.5. The number of hydrogen-bond donors (Lipinski definition) is 4. The second kappa shape index (κ2) is 15.2. The number of aliphatic carboxylic acids is 2. The average Bonchev–Trinajstić information content (AvgIpc) is 3.53. The number of fused-ring (bicyclic) bond motifs is 1. The van der Waals surface area contributed by atoms with Crippen LogP contribution in [0.1, 0.15) is 36.6 Å². The summed E-state index contributed by atoms with van der Waals surface area (Å²) in [6.45, 7) is 1.64. The largest absolute Gasteiger partial charge is 0.495 e. The SMILES string of the molecule is CCS(=O)(=O)c1ccccc1[C@H]1[C@@H](C(=O)O)CCN1C(=O)[C@H](Nc1ccc2c(N)nccc2c1)c1ccc(Cl)c(OC)c1.O=C(O)C(F)(F)F. The van der Waals surface area contributed by atoms with Crippen molar-refractivity contribution in [1.82, 2.24) is 9.88 Å². The number of amides is 1. The molecule has 2 heterocycles. The van der Waals surface area contributed by atoms with Crippen molar-refractivity contribution < 1.29 is 50.9 Å². The van der Waals surface area contributed by atoms with E-state index in [1.807, 2.05) is 6.07 Å². The lowest BCUT2D eigenvalue weighted by Gasteiger charge is -2.32. The molecule has 0 radical (unpaired) electrons. The zero-order chi connectivity index (χ0) is 37.0. The fourth-order valence-corrected chi connectivity index (χ4v) is 6.95. The van der Waals surface area contributed by atoms with Crippen molar-refractivity contribution in [3.8, 4) is 5.75 Å². The molecule has 50 heavy (non-hydrogen) atoms. The summed E-state index contributed by atoms with van der Waals surface area (Å²) in [6, 6.07) is 16.5. The molecule has 0 spiro atoms. The number of anilines is 2. The van der Waals surface area contributed by atoms with Crippen LogP contribution in [0.5, 0.6) is 5.75 Å². The number of methoxy groups -OCH3 is 1. The lowest BCUT2D eigenvalue weighted by molar-refractivity contribution is -0.192. The van der Waals surface area contributed by atoms with E-state index >= 15 is 0 Å². The molecule has 1 aliphatic rings. The number of ether oxygens (including phenoxy) is 1. The number of carbonyl (C=O) groups is 3. The Hall–Kier alpha value is -5.09. The molecule has 266 valence electrons. The first-order valence-electron chi connectivity index (χ1n) is 14.9. The highest BCUT2D eigenvalue weighted by Crippen LogP contribution is 2.43. The van der Waals surface area contributed by atoms with Gasteiger partial charge in [-0.1, -0.05) is 42.8 Å². The first kappa shape index (κ1) is 37.7. The van der Waals surface area contributed by atoms with Gasteiger partial charge in [-0.15, -0.1) is 0 Å². The normalized spacial score (nSPS) is 16.6. The number of benzene rings is 3. The van der Waals surface area contributed by atoms with Crippen LogP contribution in [0.2, 0.25) is 5.02 Å². The van der Waals surface area contributed by atoms with E-state index in [-0.39, 0.29) is 29.2 Å². The number of halogens is 4. The van der Waals surface area contributed by atoms with E-state index in [0.717, 1.165) is 10.8 Å². The molecule has 3 aromatic carbocycles. The van der Waals surface area contributed by atoms with Gasteiger partial charge >= 0.3 is 18.1 Å². The molecular weight excluding hydrogens is 705 g/mol. The highest BCUT2D eigenvalue weighted by molar-refractivity contribution is 7.91. The molecule has 0 aliphatic carbocycles. The molecule has 5 N–H and O–H groups in total. The highest BCUT2D eigenvalue weighted by atomic mass is 35.5. The third-order valence-electron chi connectivity index (χ3n) is 8.06. The lowest BCUT2D eigenvalue weighted by atomic mass is 9.93. The van der Waals surface area contributed by atoms with E-state index in [4.69, 9.17) is 32.0 Å². The molecule has 1 fully saturated rings. The molecule has 0 bridgehead atoms. The van der Waals surface area contributed by atoms with Gasteiger partial charge in [-0.3, -0.25) is 9.59 Å². The second-order valence-corrected chi connectivity index (χ2v) is 13.7. The smallest absolute Gasteiger partial charge is 0.490 e. The van der Waals surface area contributed by atoms with Crippen LogP contribution in [0.25, 0.3) is 10.8 Å². The zero-order valence-electron chi connectivity index (χ0n) is 26.5. The number of carboxylic acid groups (broad SMARTS) is 2. The van der Waals surface area contributed by atoms with Gasteiger partial charge in [0.05, 0.1) is 34.7 Å². The van der Waals surface area contributed by atoms with E-state index < -0.39 is 51.9 Å². The van der Waals surface area contributed by atoms with Gasteiger partial charge in [0.25, 0.3) is 0 Å². The molecule has 3 atom stereocenters. The van der Waals surface area contributed by atoms with Crippen LogP contribution in [0.15, 0.2) is 77.8 Å². The Balaban J connectivity index is 0.000000727. The van der Waals surface area contributed by atoms with Crippen LogP contribution >= 0.6 is 11.6 Å². The van der Waals surface area contributed by atoms with Crippen LogP contribution in [-0.4, -0.2) is 71.9 Å². The standard InChI is InChI=1S/C31H31ClN4O6S.C2HF3O2/c1-3-43(40,41)26-7-5-4-6-22(26)28-23(31(38)39)13-15-36(28)30(37)27(19-8-11-24(32)25(17-19)42-2)35-20-9-10-21-18(16-20)12-14-34-29(21)33;3-2(4,5)1(6)7/h4-12,14,16-17,23,27-28,35H,3,13,15H2,1-2H3,(H2,33,34)(H,38,39);(H,6,7)/t23-,27+,28-;/m0./s1. The van der Waals surface area contributed by atoms with Gasteiger partial charge in [-0.25, -0.2) is 18.2 Å². The molecule has 0 saturated carbocycles. The van der Waals surface area contributed by atoms with Gasteiger partial charge in [-0.05, 0) is 65.4 Å². The summed E-state index contributed by atoms with van der Waals surface area (Å²) in [6.07, 6.45) is -3.33. The maximum Gasteiger partial charge on any atom is 0.490 e. The Bertz CT molecular complexity index is 2030. The molecule has 0 unspecified atom stereocenters. The Kier molecular flexibility index (Phi) is 11.5. The predicted molar refractivity (Wildman–Crippen MR) is 179 cm³/mol. The molecule has 1 saturated heterocycles. The minimum Gasteiger partial charge on any atom is -0.495 e.